The van der Waals surface area contributed by atoms with Gasteiger partial charge in [0.2, 0.25) is 0 Å². The molecule has 5 nitrogen and oxygen atoms in total. The fourth-order valence-corrected chi connectivity index (χ4v) is 1.27. The molecular weight excluding hydrogens is 228 g/mol. The molecule has 1 N–H and O–H groups in total. The predicted molar refractivity (Wildman–Crippen MR) is 44.5 cm³/mol. The van der Waals surface area contributed by atoms with E-state index in [2.05, 4.69) is 20.9 Å². The number of hydrogen-bond acceptors (Lipinski definition) is 4. The molecule has 0 saturated heterocycles. The second-order valence-corrected chi connectivity index (χ2v) is 2.86. The number of halogens is 1. The Bertz CT molecular complexity index is 316. The van der Waals surface area contributed by atoms with E-state index in [1.54, 1.807) is 0 Å². The van der Waals surface area contributed by atoms with Gasteiger partial charge in [-0.15, -0.1) is 0 Å². The van der Waals surface area contributed by atoms with Crippen LogP contribution in [0.2, 0.25) is 0 Å². The van der Waals surface area contributed by atoms with Gasteiger partial charge in [0, 0.05) is 6.20 Å². The molecule has 0 aliphatic rings. The molecule has 1 aromatic rings. The van der Waals surface area contributed by atoms with Gasteiger partial charge in [-0.05, 0) is 22.0 Å². The molecule has 12 heavy (non-hydrogen) atoms. The number of aliphatic hydroxyl groups excluding tert-OH is 1. The van der Waals surface area contributed by atoms with Gasteiger partial charge in [-0.25, -0.2) is 0 Å². The van der Waals surface area contributed by atoms with Gasteiger partial charge in [0.25, 0.3) is 0 Å². The Balaban J connectivity index is 3.29. The van der Waals surface area contributed by atoms with Gasteiger partial charge in [0.1, 0.15) is 5.69 Å². The summed E-state index contributed by atoms with van der Waals surface area (Å²) in [6, 6.07) is 1.46. The number of hydrogen-bond donors (Lipinski definition) is 1. The van der Waals surface area contributed by atoms with Crippen molar-refractivity contribution in [3.8, 4) is 0 Å². The van der Waals surface area contributed by atoms with Crippen LogP contribution < -0.4 is 0 Å². The first-order valence-corrected chi connectivity index (χ1v) is 3.84. The van der Waals surface area contributed by atoms with Crippen LogP contribution in [0.1, 0.15) is 5.69 Å². The fourth-order valence-electron chi connectivity index (χ4n) is 0.779. The molecule has 0 aliphatic heterocycles. The smallest absolute Gasteiger partial charge is 0.307 e. The topological polar surface area (TPSA) is 76.3 Å². The zero-order chi connectivity index (χ0) is 9.14. The first kappa shape index (κ1) is 9.08. The second kappa shape index (κ2) is 3.59. The highest BCUT2D eigenvalue weighted by Crippen LogP contribution is 2.26. The highest BCUT2D eigenvalue weighted by molar-refractivity contribution is 9.10. The van der Waals surface area contributed by atoms with Gasteiger partial charge in [-0.2, -0.15) is 0 Å². The summed E-state index contributed by atoms with van der Waals surface area (Å²) in [6.45, 7) is -0.435. The molecule has 0 saturated carbocycles. The van der Waals surface area contributed by atoms with E-state index in [0.29, 0.717) is 4.47 Å². The van der Waals surface area contributed by atoms with Crippen molar-refractivity contribution in [1.29, 1.82) is 0 Å². The molecule has 64 valence electrons. The van der Waals surface area contributed by atoms with Gasteiger partial charge in [0.05, 0.1) is 16.0 Å². The zero-order valence-corrected chi connectivity index (χ0v) is 7.48. The van der Waals surface area contributed by atoms with E-state index >= 15 is 0 Å². The Hall–Kier alpha value is -1.01. The third kappa shape index (κ3) is 1.59. The molecule has 0 aromatic carbocycles. The molecule has 6 heteroatoms. The summed E-state index contributed by atoms with van der Waals surface area (Å²) in [6.07, 6.45) is 1.39. The Morgan fingerprint density at radius 3 is 2.83 bits per heavy atom. The Labute approximate surface area is 76.3 Å². The third-order valence-electron chi connectivity index (χ3n) is 1.28. The minimum Gasteiger partial charge on any atom is -0.390 e. The van der Waals surface area contributed by atoms with Crippen molar-refractivity contribution in [3.05, 3.63) is 32.5 Å². The molecule has 0 unspecified atom stereocenters. The lowest BCUT2D eigenvalue weighted by atomic mass is 10.3. The SMILES string of the molecule is O=[N+]([O-])c1c(Br)ccnc1CO. The summed E-state index contributed by atoms with van der Waals surface area (Å²) in [7, 11) is 0. The minimum absolute atomic E-state index is 0.0642. The molecular formula is C6H5BrN2O3. The van der Waals surface area contributed by atoms with E-state index in [-0.39, 0.29) is 11.4 Å². The van der Waals surface area contributed by atoms with Crippen molar-refractivity contribution < 1.29 is 10.0 Å². The van der Waals surface area contributed by atoms with Crippen LogP contribution in [0.4, 0.5) is 5.69 Å². The van der Waals surface area contributed by atoms with Crippen LogP contribution in [0.15, 0.2) is 16.7 Å². The summed E-state index contributed by atoms with van der Waals surface area (Å²) < 4.78 is 0.326. The van der Waals surface area contributed by atoms with Crippen LogP contribution in [0.25, 0.3) is 0 Å². The summed E-state index contributed by atoms with van der Waals surface area (Å²) in [5.74, 6) is 0. The van der Waals surface area contributed by atoms with Gasteiger partial charge in [-0.1, -0.05) is 0 Å². The Morgan fingerprint density at radius 1 is 1.75 bits per heavy atom. The Kier molecular flexibility index (Phi) is 2.72. The summed E-state index contributed by atoms with van der Waals surface area (Å²) in [4.78, 5) is 13.5. The lowest BCUT2D eigenvalue weighted by molar-refractivity contribution is -0.387. The first-order valence-electron chi connectivity index (χ1n) is 3.05. The average Bonchev–Trinajstić information content (AvgIpc) is 2.03. The van der Waals surface area contributed by atoms with Gasteiger partial charge in [0.15, 0.2) is 0 Å². The quantitative estimate of drug-likeness (QED) is 0.615. The van der Waals surface area contributed by atoms with Crippen molar-refractivity contribution in [2.75, 3.05) is 0 Å². The van der Waals surface area contributed by atoms with Crippen LogP contribution in [-0.4, -0.2) is 15.0 Å². The van der Waals surface area contributed by atoms with Crippen LogP contribution in [0.3, 0.4) is 0 Å². The van der Waals surface area contributed by atoms with Gasteiger partial charge < -0.3 is 5.11 Å². The van der Waals surface area contributed by atoms with Crippen LogP contribution in [-0.2, 0) is 6.61 Å². The van der Waals surface area contributed by atoms with E-state index in [1.807, 2.05) is 0 Å². The molecule has 1 rings (SSSR count). The van der Waals surface area contributed by atoms with Gasteiger partial charge in [-0.3, -0.25) is 15.1 Å². The van der Waals surface area contributed by atoms with E-state index < -0.39 is 11.5 Å². The number of nitrogens with zero attached hydrogens (tertiary/aromatic N) is 2. The monoisotopic (exact) mass is 232 g/mol. The molecule has 0 atom stereocenters. The zero-order valence-electron chi connectivity index (χ0n) is 5.90. The maximum atomic E-state index is 10.4. The number of aliphatic hydroxyl groups is 1. The lowest BCUT2D eigenvalue weighted by Crippen LogP contribution is -1.98. The van der Waals surface area contributed by atoms with E-state index in [0.717, 1.165) is 0 Å². The molecule has 0 aliphatic carbocycles. The van der Waals surface area contributed by atoms with Crippen molar-refractivity contribution in [2.45, 2.75) is 6.61 Å². The third-order valence-corrected chi connectivity index (χ3v) is 1.92. The van der Waals surface area contributed by atoms with E-state index in [9.17, 15) is 10.1 Å². The molecule has 1 aromatic heterocycles. The lowest BCUT2D eigenvalue weighted by Gasteiger charge is -1.98. The van der Waals surface area contributed by atoms with Crippen LogP contribution in [0.5, 0.6) is 0 Å². The largest absolute Gasteiger partial charge is 0.390 e. The number of nitro groups is 1. The minimum atomic E-state index is -0.581. The van der Waals surface area contributed by atoms with Crippen molar-refractivity contribution in [1.82, 2.24) is 4.98 Å². The molecule has 0 bridgehead atoms. The second-order valence-electron chi connectivity index (χ2n) is 2.00. The summed E-state index contributed by atoms with van der Waals surface area (Å²) in [5.41, 5.74) is -0.116. The first-order chi connectivity index (χ1) is 5.66. The molecule has 1 heterocycles. The normalized spacial score (nSPS) is 9.83. The number of pyridine rings is 1. The summed E-state index contributed by atoms with van der Waals surface area (Å²) in [5, 5.41) is 19.1. The predicted octanol–water partition coefficient (Wildman–Crippen LogP) is 1.24. The van der Waals surface area contributed by atoms with Crippen molar-refractivity contribution in [3.63, 3.8) is 0 Å². The molecule has 0 radical (unpaired) electrons. The average molecular weight is 233 g/mol. The molecule has 0 amide bonds. The maximum absolute atomic E-state index is 10.4. The Morgan fingerprint density at radius 2 is 2.42 bits per heavy atom. The van der Waals surface area contributed by atoms with Crippen LogP contribution >= 0.6 is 15.9 Å². The number of aromatic nitrogens is 1. The highest BCUT2D eigenvalue weighted by atomic mass is 79.9. The van der Waals surface area contributed by atoms with Crippen LogP contribution in [0, 0.1) is 10.1 Å². The highest BCUT2D eigenvalue weighted by Gasteiger charge is 2.17. The molecule has 0 fully saturated rings. The van der Waals surface area contributed by atoms with Gasteiger partial charge >= 0.3 is 5.69 Å². The molecule has 0 spiro atoms. The fraction of sp³-hybridized carbons (Fsp3) is 0.167. The van der Waals surface area contributed by atoms with E-state index in [4.69, 9.17) is 5.11 Å². The van der Waals surface area contributed by atoms with E-state index in [1.165, 1.54) is 12.3 Å². The maximum Gasteiger partial charge on any atom is 0.307 e. The van der Waals surface area contributed by atoms with Crippen molar-refractivity contribution in [2.24, 2.45) is 0 Å². The summed E-state index contributed by atoms with van der Waals surface area (Å²) >= 11 is 3.00. The van der Waals surface area contributed by atoms with Crippen molar-refractivity contribution >= 4 is 21.6 Å². The number of rotatable bonds is 2. The standard InChI is InChI=1S/C6H5BrN2O3/c7-4-1-2-8-5(3-10)6(4)9(11)12/h1-2,10H,3H2.